The van der Waals surface area contributed by atoms with Gasteiger partial charge in [-0.25, -0.2) is 8.42 Å². The minimum atomic E-state index is -4.33. The van der Waals surface area contributed by atoms with E-state index in [0.717, 1.165) is 22.7 Å². The Bertz CT molecular complexity index is 1630. The number of sulfonamides is 1. The van der Waals surface area contributed by atoms with Crippen molar-refractivity contribution in [3.8, 4) is 0 Å². The van der Waals surface area contributed by atoms with Gasteiger partial charge in [-0.3, -0.25) is 23.7 Å². The number of likely N-dealkylation sites (tertiary alicyclic amines) is 1. The highest BCUT2D eigenvalue weighted by Crippen LogP contribution is 2.38. The van der Waals surface area contributed by atoms with Gasteiger partial charge < -0.3 is 15.5 Å². The summed E-state index contributed by atoms with van der Waals surface area (Å²) >= 11 is 6.24. The number of fused-ring (bicyclic) bond motifs is 1. The highest BCUT2D eigenvalue weighted by Gasteiger charge is 2.43. The first-order valence-corrected chi connectivity index (χ1v) is 15.6. The Hall–Kier alpha value is -3.96. The first-order valence-electron chi connectivity index (χ1n) is 13.7. The Labute approximate surface area is 250 Å². The Balaban J connectivity index is 1.47. The minimum Gasteiger partial charge on any atom is -0.344 e. The molecule has 10 nitrogen and oxygen atoms in total. The molecular weight excluding hydrogens is 578 g/mol. The zero-order valence-corrected chi connectivity index (χ0v) is 24.9. The van der Waals surface area contributed by atoms with E-state index in [0.29, 0.717) is 34.9 Å². The predicted molar refractivity (Wildman–Crippen MR) is 160 cm³/mol. The van der Waals surface area contributed by atoms with E-state index in [4.69, 9.17) is 11.6 Å². The summed E-state index contributed by atoms with van der Waals surface area (Å²) in [4.78, 5) is 46.1. The number of amides is 3. The molecule has 3 heterocycles. The molecule has 0 aliphatic carbocycles. The van der Waals surface area contributed by atoms with E-state index in [1.54, 1.807) is 73.6 Å². The van der Waals surface area contributed by atoms with Gasteiger partial charge in [-0.2, -0.15) is 0 Å². The molecule has 3 amide bonds. The van der Waals surface area contributed by atoms with Gasteiger partial charge in [0.1, 0.15) is 12.1 Å². The molecule has 2 atom stereocenters. The summed E-state index contributed by atoms with van der Waals surface area (Å²) in [5.41, 5.74) is 2.33. The number of aromatic nitrogens is 1. The van der Waals surface area contributed by atoms with Gasteiger partial charge in [-0.15, -0.1) is 0 Å². The van der Waals surface area contributed by atoms with Crippen LogP contribution in [0.25, 0.3) is 0 Å². The molecule has 2 N–H and O–H groups in total. The Morgan fingerprint density at radius 3 is 2.48 bits per heavy atom. The molecule has 2 aliphatic rings. The van der Waals surface area contributed by atoms with Crippen molar-refractivity contribution in [3.05, 3.63) is 82.6 Å². The minimum absolute atomic E-state index is 0.0147. The van der Waals surface area contributed by atoms with Crippen LogP contribution in [0.3, 0.4) is 0 Å². The molecule has 3 aromatic rings. The third-order valence-corrected chi connectivity index (χ3v) is 9.97. The van der Waals surface area contributed by atoms with Crippen LogP contribution in [0.5, 0.6) is 0 Å². The average Bonchev–Trinajstić information content (AvgIpc) is 3.50. The molecule has 0 spiro atoms. The van der Waals surface area contributed by atoms with Crippen LogP contribution in [0.15, 0.2) is 65.8 Å². The van der Waals surface area contributed by atoms with Crippen molar-refractivity contribution in [2.45, 2.75) is 56.5 Å². The average molecular weight is 610 g/mol. The molecule has 220 valence electrons. The molecule has 0 radical (unpaired) electrons. The van der Waals surface area contributed by atoms with Gasteiger partial charge in [-0.05, 0) is 79.8 Å². The largest absolute Gasteiger partial charge is 0.344 e. The molecule has 2 aromatic carbocycles. The number of nitrogens with one attached hydrogen (secondary N) is 2. The Morgan fingerprint density at radius 2 is 1.76 bits per heavy atom. The lowest BCUT2D eigenvalue weighted by molar-refractivity contribution is -0.135. The third kappa shape index (κ3) is 5.98. The molecule has 2 unspecified atom stereocenters. The van der Waals surface area contributed by atoms with Gasteiger partial charge >= 0.3 is 0 Å². The van der Waals surface area contributed by atoms with Crippen molar-refractivity contribution in [3.63, 3.8) is 0 Å². The maximum atomic E-state index is 14.2. The number of para-hydroxylation sites is 2. The SMILES string of the molecule is Cc1cc(S(=O)(=O)N2c3ccccc3NC(=O)C2CC(=O)NC(Cc2ccncc2)C(=O)N2CCCC2)c(C)cc1Cl. The van der Waals surface area contributed by atoms with Crippen LogP contribution < -0.4 is 14.9 Å². The molecule has 1 fully saturated rings. The second kappa shape index (κ2) is 12.1. The van der Waals surface area contributed by atoms with Crippen molar-refractivity contribution in [2.75, 3.05) is 22.7 Å². The number of halogens is 1. The van der Waals surface area contributed by atoms with Crippen LogP contribution >= 0.6 is 11.6 Å². The second-order valence-electron chi connectivity index (χ2n) is 10.6. The van der Waals surface area contributed by atoms with Crippen molar-refractivity contribution in [2.24, 2.45) is 0 Å². The second-order valence-corrected chi connectivity index (χ2v) is 12.8. The maximum Gasteiger partial charge on any atom is 0.265 e. The van der Waals surface area contributed by atoms with Gasteiger partial charge in [0, 0.05) is 36.9 Å². The fourth-order valence-electron chi connectivity index (χ4n) is 5.41. The van der Waals surface area contributed by atoms with Crippen LogP contribution in [-0.2, 0) is 30.8 Å². The summed E-state index contributed by atoms with van der Waals surface area (Å²) in [6.45, 7) is 4.54. The number of hydrogen-bond donors (Lipinski definition) is 2. The molecule has 1 aromatic heterocycles. The van der Waals surface area contributed by atoms with E-state index in [1.807, 2.05) is 0 Å². The van der Waals surface area contributed by atoms with Gasteiger partial charge in [0.2, 0.25) is 17.7 Å². The lowest BCUT2D eigenvalue weighted by Gasteiger charge is -2.37. The summed E-state index contributed by atoms with van der Waals surface area (Å²) in [6.07, 6.45) is 4.74. The predicted octanol–water partition coefficient (Wildman–Crippen LogP) is 3.61. The Morgan fingerprint density at radius 1 is 1.07 bits per heavy atom. The van der Waals surface area contributed by atoms with E-state index in [2.05, 4.69) is 15.6 Å². The molecule has 12 heteroatoms. The molecular formula is C30H32ClN5O5S. The number of aryl methyl sites for hydroxylation is 2. The quantitative estimate of drug-likeness (QED) is 0.402. The fraction of sp³-hybridized carbons (Fsp3) is 0.333. The number of rotatable bonds is 8. The van der Waals surface area contributed by atoms with E-state index < -0.39 is 40.3 Å². The molecule has 0 bridgehead atoms. The summed E-state index contributed by atoms with van der Waals surface area (Å²) in [5.74, 6) is -1.48. The molecule has 0 saturated carbocycles. The first-order chi connectivity index (χ1) is 20.1. The topological polar surface area (TPSA) is 129 Å². The van der Waals surface area contributed by atoms with Gasteiger partial charge in [-0.1, -0.05) is 23.7 Å². The Kier molecular flexibility index (Phi) is 8.51. The summed E-state index contributed by atoms with van der Waals surface area (Å²) in [6, 6.07) is 10.8. The molecule has 5 rings (SSSR count). The molecule has 2 aliphatic heterocycles. The van der Waals surface area contributed by atoms with Gasteiger partial charge in [0.25, 0.3) is 10.0 Å². The van der Waals surface area contributed by atoms with E-state index in [-0.39, 0.29) is 22.9 Å². The van der Waals surface area contributed by atoms with E-state index in [9.17, 15) is 22.8 Å². The third-order valence-electron chi connectivity index (χ3n) is 7.60. The van der Waals surface area contributed by atoms with Crippen molar-refractivity contribution >= 4 is 50.7 Å². The maximum absolute atomic E-state index is 14.2. The molecule has 1 saturated heterocycles. The van der Waals surface area contributed by atoms with Crippen LogP contribution in [0, 0.1) is 13.8 Å². The van der Waals surface area contributed by atoms with Gasteiger partial charge in [0.05, 0.1) is 22.7 Å². The lowest BCUT2D eigenvalue weighted by Crippen LogP contribution is -2.55. The standard InChI is InChI=1S/C30H32ClN5O5S/c1-19-16-27(20(2)15-22(19)31)42(40,41)36-25-8-4-3-7-23(25)34-29(38)26(36)18-28(37)33-24(17-21-9-11-32-12-10-21)30(39)35-13-5-6-14-35/h3-4,7-12,15-16,24,26H,5-6,13-14,17-18H2,1-2H3,(H,33,37)(H,34,38). The first kappa shape index (κ1) is 29.5. The number of carbonyl (C=O) groups excluding carboxylic acids is 3. The summed E-state index contributed by atoms with van der Waals surface area (Å²) in [5, 5.41) is 5.96. The monoisotopic (exact) mass is 609 g/mol. The van der Waals surface area contributed by atoms with E-state index in [1.165, 1.54) is 6.07 Å². The fourth-order valence-corrected chi connectivity index (χ4v) is 7.56. The zero-order valence-electron chi connectivity index (χ0n) is 23.3. The number of nitrogens with zero attached hydrogens (tertiary/aromatic N) is 3. The number of pyridine rings is 1. The number of benzene rings is 2. The smallest absolute Gasteiger partial charge is 0.265 e. The number of carbonyl (C=O) groups is 3. The molecule has 42 heavy (non-hydrogen) atoms. The van der Waals surface area contributed by atoms with Crippen molar-refractivity contribution in [1.29, 1.82) is 0 Å². The summed E-state index contributed by atoms with van der Waals surface area (Å²) in [7, 11) is -4.33. The lowest BCUT2D eigenvalue weighted by atomic mass is 10.0. The van der Waals surface area contributed by atoms with Crippen molar-refractivity contribution in [1.82, 2.24) is 15.2 Å². The van der Waals surface area contributed by atoms with Crippen LogP contribution in [0.1, 0.15) is 36.0 Å². The van der Waals surface area contributed by atoms with E-state index >= 15 is 0 Å². The number of hydrogen-bond acceptors (Lipinski definition) is 6. The van der Waals surface area contributed by atoms with Crippen molar-refractivity contribution < 1.29 is 22.8 Å². The van der Waals surface area contributed by atoms with Crippen LogP contribution in [-0.4, -0.2) is 61.2 Å². The van der Waals surface area contributed by atoms with Crippen LogP contribution in [0.2, 0.25) is 5.02 Å². The highest BCUT2D eigenvalue weighted by molar-refractivity contribution is 7.93. The summed E-state index contributed by atoms with van der Waals surface area (Å²) < 4.78 is 29.5. The van der Waals surface area contributed by atoms with Crippen LogP contribution in [0.4, 0.5) is 11.4 Å². The highest BCUT2D eigenvalue weighted by atomic mass is 35.5. The zero-order chi connectivity index (χ0) is 30.0. The normalized spacial score (nSPS) is 17.4. The van der Waals surface area contributed by atoms with Gasteiger partial charge in [0.15, 0.2) is 0 Å². The number of anilines is 2.